The first-order chi connectivity index (χ1) is 9.92. The number of carbonyl (C=O) groups excluding carboxylic acids is 1. The number of hydrogen-bond acceptors (Lipinski definition) is 3. The molecular formula is C13H6Cl5NO2. The van der Waals surface area contributed by atoms with E-state index in [2.05, 4.69) is 4.98 Å². The van der Waals surface area contributed by atoms with Crippen molar-refractivity contribution in [1.29, 1.82) is 0 Å². The first kappa shape index (κ1) is 16.7. The highest BCUT2D eigenvalue weighted by Crippen LogP contribution is 2.48. The Morgan fingerprint density at radius 3 is 2.00 bits per heavy atom. The Labute approximate surface area is 145 Å². The van der Waals surface area contributed by atoms with Crippen molar-refractivity contribution in [3.8, 4) is 17.0 Å². The SMILES string of the molecule is COc1cc(C=O)c(-c2c(Cl)c(Cl)c(Cl)c(Cl)c2Cl)cn1. The van der Waals surface area contributed by atoms with E-state index < -0.39 is 0 Å². The van der Waals surface area contributed by atoms with E-state index in [0.717, 1.165) is 0 Å². The molecule has 3 nitrogen and oxygen atoms in total. The fraction of sp³-hybridized carbons (Fsp3) is 0.0769. The topological polar surface area (TPSA) is 39.2 Å². The average Bonchev–Trinajstić information content (AvgIpc) is 2.51. The summed E-state index contributed by atoms with van der Waals surface area (Å²) in [5.74, 6) is 0.277. The van der Waals surface area contributed by atoms with Crippen LogP contribution in [0.4, 0.5) is 0 Å². The van der Waals surface area contributed by atoms with Crippen molar-refractivity contribution in [1.82, 2.24) is 4.98 Å². The van der Waals surface area contributed by atoms with Crippen LogP contribution in [0.1, 0.15) is 10.4 Å². The van der Waals surface area contributed by atoms with Crippen LogP contribution in [0.5, 0.6) is 5.88 Å². The number of pyridine rings is 1. The molecule has 0 aliphatic rings. The summed E-state index contributed by atoms with van der Waals surface area (Å²) in [6, 6.07) is 1.45. The van der Waals surface area contributed by atoms with Crippen molar-refractivity contribution < 1.29 is 9.53 Å². The van der Waals surface area contributed by atoms with Gasteiger partial charge in [0, 0.05) is 29.0 Å². The lowest BCUT2D eigenvalue weighted by atomic mass is 10.0. The van der Waals surface area contributed by atoms with Gasteiger partial charge in [-0.25, -0.2) is 4.98 Å². The summed E-state index contributed by atoms with van der Waals surface area (Å²) >= 11 is 30.3. The molecule has 0 spiro atoms. The van der Waals surface area contributed by atoms with E-state index >= 15 is 0 Å². The highest BCUT2D eigenvalue weighted by molar-refractivity contribution is 6.56. The van der Waals surface area contributed by atoms with Crippen LogP contribution in [0, 0.1) is 0 Å². The predicted octanol–water partition coefficient (Wildman–Crippen LogP) is 5.84. The summed E-state index contributed by atoms with van der Waals surface area (Å²) in [5, 5.41) is 0.328. The molecule has 0 bridgehead atoms. The maximum absolute atomic E-state index is 11.3. The third-order valence-electron chi connectivity index (χ3n) is 2.73. The molecule has 0 fully saturated rings. The van der Waals surface area contributed by atoms with Crippen LogP contribution in [-0.2, 0) is 0 Å². The van der Waals surface area contributed by atoms with E-state index in [1.165, 1.54) is 19.4 Å². The van der Waals surface area contributed by atoms with Gasteiger partial charge in [0.1, 0.15) is 0 Å². The molecule has 110 valence electrons. The lowest BCUT2D eigenvalue weighted by Gasteiger charge is -2.14. The predicted molar refractivity (Wildman–Crippen MR) is 86.7 cm³/mol. The number of ether oxygens (including phenoxy) is 1. The first-order valence-electron chi connectivity index (χ1n) is 5.43. The van der Waals surface area contributed by atoms with Crippen molar-refractivity contribution >= 4 is 64.3 Å². The summed E-state index contributed by atoms with van der Waals surface area (Å²) in [5.41, 5.74) is 0.941. The molecule has 0 aliphatic carbocycles. The zero-order valence-electron chi connectivity index (χ0n) is 10.4. The molecule has 0 unspecified atom stereocenters. The van der Waals surface area contributed by atoms with Gasteiger partial charge >= 0.3 is 0 Å². The molecule has 1 aromatic heterocycles. The van der Waals surface area contributed by atoms with Crippen LogP contribution in [-0.4, -0.2) is 18.4 Å². The van der Waals surface area contributed by atoms with Crippen LogP contribution < -0.4 is 4.74 Å². The van der Waals surface area contributed by atoms with Crippen LogP contribution in [0.15, 0.2) is 12.3 Å². The molecule has 21 heavy (non-hydrogen) atoms. The molecule has 0 atom stereocenters. The summed E-state index contributed by atoms with van der Waals surface area (Å²) in [6.07, 6.45) is 2.03. The zero-order valence-corrected chi connectivity index (χ0v) is 14.2. The second kappa shape index (κ2) is 6.59. The van der Waals surface area contributed by atoms with Crippen molar-refractivity contribution in [2.45, 2.75) is 0 Å². The Morgan fingerprint density at radius 2 is 1.52 bits per heavy atom. The summed E-state index contributed by atoms with van der Waals surface area (Å²) in [7, 11) is 1.44. The Balaban J connectivity index is 2.82. The largest absolute Gasteiger partial charge is 0.481 e. The number of benzene rings is 1. The van der Waals surface area contributed by atoms with E-state index in [-0.39, 0.29) is 42.1 Å². The Hall–Kier alpha value is -0.710. The van der Waals surface area contributed by atoms with Crippen molar-refractivity contribution in [2.24, 2.45) is 0 Å². The van der Waals surface area contributed by atoms with Gasteiger partial charge in [-0.3, -0.25) is 4.79 Å². The Bertz CT molecular complexity index is 704. The second-order valence-electron chi connectivity index (χ2n) is 3.88. The van der Waals surface area contributed by atoms with E-state index in [1.54, 1.807) is 0 Å². The standard InChI is InChI=1S/C13H6Cl5NO2/c1-21-7-2-5(4-20)6(3-19-7)8-9(14)11(16)13(18)12(17)10(8)15/h2-4H,1H3. The minimum Gasteiger partial charge on any atom is -0.481 e. The van der Waals surface area contributed by atoms with E-state index in [1.807, 2.05) is 0 Å². The number of hydrogen-bond donors (Lipinski definition) is 0. The van der Waals surface area contributed by atoms with E-state index in [4.69, 9.17) is 62.7 Å². The van der Waals surface area contributed by atoms with E-state index in [0.29, 0.717) is 11.8 Å². The molecule has 1 aromatic carbocycles. The van der Waals surface area contributed by atoms with Gasteiger partial charge in [0.25, 0.3) is 0 Å². The maximum atomic E-state index is 11.3. The Morgan fingerprint density at radius 1 is 1.00 bits per heavy atom. The number of aldehydes is 1. The number of nitrogens with zero attached hydrogens (tertiary/aromatic N) is 1. The summed E-state index contributed by atoms with van der Waals surface area (Å²) in [6.45, 7) is 0. The molecule has 2 aromatic rings. The smallest absolute Gasteiger partial charge is 0.213 e. The van der Waals surface area contributed by atoms with Crippen molar-refractivity contribution in [3.05, 3.63) is 42.9 Å². The molecule has 2 rings (SSSR count). The average molecular weight is 385 g/mol. The van der Waals surface area contributed by atoms with Gasteiger partial charge in [0.15, 0.2) is 6.29 Å². The van der Waals surface area contributed by atoms with Crippen LogP contribution in [0.2, 0.25) is 25.1 Å². The minimum atomic E-state index is 0.0474. The highest BCUT2D eigenvalue weighted by Gasteiger charge is 2.22. The number of halogens is 5. The number of aromatic nitrogens is 1. The first-order valence-corrected chi connectivity index (χ1v) is 7.32. The number of carbonyl (C=O) groups is 1. The van der Waals surface area contributed by atoms with E-state index in [9.17, 15) is 4.79 Å². The number of methoxy groups -OCH3 is 1. The van der Waals surface area contributed by atoms with Crippen LogP contribution in [0.3, 0.4) is 0 Å². The van der Waals surface area contributed by atoms with Gasteiger partial charge in [0.05, 0.1) is 32.2 Å². The van der Waals surface area contributed by atoms with Gasteiger partial charge in [-0.1, -0.05) is 58.0 Å². The van der Waals surface area contributed by atoms with Gasteiger partial charge < -0.3 is 4.74 Å². The Kier molecular flexibility index (Phi) is 5.23. The maximum Gasteiger partial charge on any atom is 0.213 e. The van der Waals surface area contributed by atoms with Crippen molar-refractivity contribution in [3.63, 3.8) is 0 Å². The molecule has 0 saturated carbocycles. The number of rotatable bonds is 3. The highest BCUT2D eigenvalue weighted by atomic mass is 35.5. The third-order valence-corrected chi connectivity index (χ3v) is 5.00. The fourth-order valence-electron chi connectivity index (χ4n) is 1.71. The quantitative estimate of drug-likeness (QED) is 0.379. The summed E-state index contributed by atoms with van der Waals surface area (Å²) in [4.78, 5) is 15.3. The molecule has 0 N–H and O–H groups in total. The molecule has 0 amide bonds. The lowest BCUT2D eigenvalue weighted by Crippen LogP contribution is -1.96. The second-order valence-corrected chi connectivity index (χ2v) is 5.77. The lowest BCUT2D eigenvalue weighted by molar-refractivity contribution is 0.112. The van der Waals surface area contributed by atoms with Crippen molar-refractivity contribution in [2.75, 3.05) is 7.11 Å². The minimum absolute atomic E-state index is 0.0474. The van der Waals surface area contributed by atoms with Gasteiger partial charge in [0.2, 0.25) is 5.88 Å². The summed E-state index contributed by atoms with van der Waals surface area (Å²) < 4.78 is 4.97. The molecule has 8 heteroatoms. The molecule has 1 heterocycles. The molecule has 0 radical (unpaired) electrons. The van der Waals surface area contributed by atoms with Gasteiger partial charge in [-0.05, 0) is 0 Å². The van der Waals surface area contributed by atoms with Crippen LogP contribution >= 0.6 is 58.0 Å². The third kappa shape index (κ3) is 2.94. The van der Waals surface area contributed by atoms with Crippen LogP contribution in [0.25, 0.3) is 11.1 Å². The van der Waals surface area contributed by atoms with Gasteiger partial charge in [-0.15, -0.1) is 0 Å². The fourth-order valence-corrected chi connectivity index (χ4v) is 3.05. The monoisotopic (exact) mass is 383 g/mol. The molecular weight excluding hydrogens is 379 g/mol. The normalized spacial score (nSPS) is 10.6. The molecule has 0 aliphatic heterocycles. The molecule has 0 saturated heterocycles. The van der Waals surface area contributed by atoms with Gasteiger partial charge in [-0.2, -0.15) is 0 Å². The zero-order chi connectivity index (χ0) is 15.7.